The standard InChI is InChI=1S/C16H21ClN2O5S/c1-3-19(4-2)25(22,23)14-9-11(5-8-13(14)17)16(21)24-10-15(20)18-12-6-7-12/h5,8-9,12H,3-4,6-7,10H2,1-2H3,(H,18,20). The van der Waals surface area contributed by atoms with Gasteiger partial charge >= 0.3 is 5.97 Å². The average molecular weight is 389 g/mol. The first-order chi connectivity index (χ1) is 11.8. The summed E-state index contributed by atoms with van der Waals surface area (Å²) in [6.45, 7) is 3.59. The van der Waals surface area contributed by atoms with E-state index < -0.39 is 22.6 Å². The Morgan fingerprint density at radius 2 is 1.92 bits per heavy atom. The zero-order valence-electron chi connectivity index (χ0n) is 14.1. The molecule has 1 aromatic rings. The number of carbonyl (C=O) groups excluding carboxylic acids is 2. The Balaban J connectivity index is 2.14. The molecule has 1 fully saturated rings. The number of sulfonamides is 1. The van der Waals surface area contributed by atoms with Crippen LogP contribution in [0.1, 0.15) is 37.0 Å². The van der Waals surface area contributed by atoms with Gasteiger partial charge in [0, 0.05) is 19.1 Å². The first-order valence-corrected chi connectivity index (χ1v) is 9.87. The van der Waals surface area contributed by atoms with Crippen LogP contribution in [0.25, 0.3) is 0 Å². The SMILES string of the molecule is CCN(CC)S(=O)(=O)c1cc(C(=O)OCC(=O)NC2CC2)ccc1Cl. The molecule has 1 aromatic carbocycles. The van der Waals surface area contributed by atoms with Gasteiger partial charge in [-0.2, -0.15) is 4.31 Å². The maximum atomic E-state index is 12.6. The van der Waals surface area contributed by atoms with Crippen LogP contribution in [-0.2, 0) is 19.6 Å². The third-order valence-electron chi connectivity index (χ3n) is 3.77. The van der Waals surface area contributed by atoms with Crippen molar-refractivity contribution in [1.82, 2.24) is 9.62 Å². The molecule has 138 valence electrons. The zero-order chi connectivity index (χ0) is 18.6. The summed E-state index contributed by atoms with van der Waals surface area (Å²) in [6, 6.07) is 4.05. The lowest BCUT2D eigenvalue weighted by atomic mass is 10.2. The molecule has 0 atom stereocenters. The number of halogens is 1. The Labute approximate surface area is 152 Å². The van der Waals surface area contributed by atoms with E-state index in [0.29, 0.717) is 0 Å². The highest BCUT2D eigenvalue weighted by atomic mass is 35.5. The molecule has 1 N–H and O–H groups in total. The fraction of sp³-hybridized carbons (Fsp3) is 0.500. The predicted octanol–water partition coefficient (Wildman–Crippen LogP) is 1.81. The van der Waals surface area contributed by atoms with Crippen LogP contribution in [0.15, 0.2) is 23.1 Å². The molecular weight excluding hydrogens is 368 g/mol. The molecule has 2 rings (SSSR count). The molecule has 1 amide bonds. The average Bonchev–Trinajstić information content (AvgIpc) is 3.37. The Morgan fingerprint density at radius 3 is 2.48 bits per heavy atom. The molecule has 7 nitrogen and oxygen atoms in total. The molecule has 0 heterocycles. The van der Waals surface area contributed by atoms with Gasteiger partial charge in [-0.3, -0.25) is 4.79 Å². The van der Waals surface area contributed by atoms with E-state index in [1.54, 1.807) is 13.8 Å². The first-order valence-electron chi connectivity index (χ1n) is 8.05. The zero-order valence-corrected chi connectivity index (χ0v) is 15.7. The smallest absolute Gasteiger partial charge is 0.338 e. The number of nitrogens with one attached hydrogen (secondary N) is 1. The van der Waals surface area contributed by atoms with E-state index in [1.807, 2.05) is 0 Å². The summed E-state index contributed by atoms with van der Waals surface area (Å²) < 4.78 is 31.4. The molecule has 0 bridgehead atoms. The second-order valence-electron chi connectivity index (χ2n) is 5.65. The van der Waals surface area contributed by atoms with Gasteiger partial charge in [0.15, 0.2) is 6.61 Å². The molecule has 0 saturated heterocycles. The number of ether oxygens (including phenoxy) is 1. The molecular formula is C16H21ClN2O5S. The third-order valence-corrected chi connectivity index (χ3v) is 6.30. The summed E-state index contributed by atoms with van der Waals surface area (Å²) in [4.78, 5) is 23.5. The van der Waals surface area contributed by atoms with Crippen molar-refractivity contribution in [1.29, 1.82) is 0 Å². The van der Waals surface area contributed by atoms with E-state index in [0.717, 1.165) is 12.8 Å². The van der Waals surface area contributed by atoms with Crippen molar-refractivity contribution in [2.24, 2.45) is 0 Å². The lowest BCUT2D eigenvalue weighted by molar-refractivity contribution is -0.124. The van der Waals surface area contributed by atoms with Gasteiger partial charge < -0.3 is 10.1 Å². The van der Waals surface area contributed by atoms with Crippen molar-refractivity contribution in [2.75, 3.05) is 19.7 Å². The number of hydrogen-bond donors (Lipinski definition) is 1. The lowest BCUT2D eigenvalue weighted by Crippen LogP contribution is -2.31. The number of esters is 1. The molecule has 0 spiro atoms. The quantitative estimate of drug-likeness (QED) is 0.685. The van der Waals surface area contributed by atoms with Crippen molar-refractivity contribution < 1.29 is 22.7 Å². The van der Waals surface area contributed by atoms with Crippen molar-refractivity contribution in [3.63, 3.8) is 0 Å². The van der Waals surface area contributed by atoms with Crippen molar-refractivity contribution >= 4 is 33.5 Å². The number of hydrogen-bond acceptors (Lipinski definition) is 5. The van der Waals surface area contributed by atoms with Gasteiger partial charge in [0.25, 0.3) is 5.91 Å². The van der Waals surface area contributed by atoms with Gasteiger partial charge in [0.1, 0.15) is 4.90 Å². The lowest BCUT2D eigenvalue weighted by Gasteiger charge is -2.19. The van der Waals surface area contributed by atoms with Gasteiger partial charge in [-0.05, 0) is 31.0 Å². The number of rotatable bonds is 8. The largest absolute Gasteiger partial charge is 0.452 e. The third kappa shape index (κ3) is 4.93. The van der Waals surface area contributed by atoms with E-state index in [4.69, 9.17) is 16.3 Å². The molecule has 1 aliphatic carbocycles. The maximum absolute atomic E-state index is 12.6. The maximum Gasteiger partial charge on any atom is 0.338 e. The van der Waals surface area contributed by atoms with Crippen molar-refractivity contribution in [2.45, 2.75) is 37.6 Å². The van der Waals surface area contributed by atoms with Gasteiger partial charge in [-0.1, -0.05) is 25.4 Å². The number of benzene rings is 1. The second-order valence-corrected chi connectivity index (χ2v) is 7.97. The first kappa shape index (κ1) is 19.7. The van der Waals surface area contributed by atoms with Crippen LogP contribution in [0.4, 0.5) is 0 Å². The fourth-order valence-electron chi connectivity index (χ4n) is 2.24. The van der Waals surface area contributed by atoms with Crippen molar-refractivity contribution in [3.8, 4) is 0 Å². The molecule has 25 heavy (non-hydrogen) atoms. The van der Waals surface area contributed by atoms with Gasteiger partial charge in [0.05, 0.1) is 10.6 Å². The van der Waals surface area contributed by atoms with Gasteiger partial charge in [-0.25, -0.2) is 13.2 Å². The minimum Gasteiger partial charge on any atom is -0.452 e. The molecule has 0 aromatic heterocycles. The van der Waals surface area contributed by atoms with Crippen LogP contribution in [0, 0.1) is 0 Å². The molecule has 9 heteroatoms. The Kier molecular flexibility index (Phi) is 6.42. The number of carbonyl (C=O) groups is 2. The topological polar surface area (TPSA) is 92.8 Å². The van der Waals surface area contributed by atoms with Crippen LogP contribution < -0.4 is 5.32 Å². The van der Waals surface area contributed by atoms with E-state index in [-0.39, 0.29) is 40.5 Å². The molecule has 0 radical (unpaired) electrons. The van der Waals surface area contributed by atoms with E-state index in [1.165, 1.54) is 22.5 Å². The number of amides is 1. The van der Waals surface area contributed by atoms with E-state index in [9.17, 15) is 18.0 Å². The Hall–Kier alpha value is -1.64. The molecule has 1 saturated carbocycles. The number of nitrogens with zero attached hydrogens (tertiary/aromatic N) is 1. The summed E-state index contributed by atoms with van der Waals surface area (Å²) in [5.41, 5.74) is 0.0225. The van der Waals surface area contributed by atoms with Crippen LogP contribution >= 0.6 is 11.6 Å². The summed E-state index contributed by atoms with van der Waals surface area (Å²) in [6.07, 6.45) is 1.87. The summed E-state index contributed by atoms with van der Waals surface area (Å²) >= 11 is 6.01. The summed E-state index contributed by atoms with van der Waals surface area (Å²) in [5.74, 6) is -1.15. The minimum atomic E-state index is -3.81. The second kappa shape index (κ2) is 8.16. The van der Waals surface area contributed by atoms with E-state index >= 15 is 0 Å². The highest BCUT2D eigenvalue weighted by Gasteiger charge is 2.26. The fourth-order valence-corrected chi connectivity index (χ4v) is 4.20. The van der Waals surface area contributed by atoms with Crippen LogP contribution in [0.2, 0.25) is 5.02 Å². The van der Waals surface area contributed by atoms with Crippen LogP contribution in [0.3, 0.4) is 0 Å². The molecule has 0 unspecified atom stereocenters. The molecule has 1 aliphatic rings. The summed E-state index contributed by atoms with van der Waals surface area (Å²) in [5, 5.41) is 2.72. The Bertz CT molecular complexity index is 758. The molecule has 0 aliphatic heterocycles. The van der Waals surface area contributed by atoms with Crippen LogP contribution in [-0.4, -0.2) is 50.3 Å². The van der Waals surface area contributed by atoms with Gasteiger partial charge in [-0.15, -0.1) is 0 Å². The summed E-state index contributed by atoms with van der Waals surface area (Å²) in [7, 11) is -3.81. The normalized spacial score (nSPS) is 14.4. The van der Waals surface area contributed by atoms with Gasteiger partial charge in [0.2, 0.25) is 10.0 Å². The monoisotopic (exact) mass is 388 g/mol. The van der Waals surface area contributed by atoms with E-state index in [2.05, 4.69) is 5.32 Å². The highest BCUT2D eigenvalue weighted by Crippen LogP contribution is 2.26. The van der Waals surface area contributed by atoms with Crippen LogP contribution in [0.5, 0.6) is 0 Å². The highest BCUT2D eigenvalue weighted by molar-refractivity contribution is 7.89. The minimum absolute atomic E-state index is 0.0225. The van der Waals surface area contributed by atoms with Crippen molar-refractivity contribution in [3.05, 3.63) is 28.8 Å². The Morgan fingerprint density at radius 1 is 1.28 bits per heavy atom. The predicted molar refractivity (Wildman–Crippen MR) is 93.0 cm³/mol.